The lowest BCUT2D eigenvalue weighted by atomic mass is 9.90. The van der Waals surface area contributed by atoms with Gasteiger partial charge in [0.05, 0.1) is 7.11 Å². The van der Waals surface area contributed by atoms with Crippen LogP contribution in [0.15, 0.2) is 12.1 Å². The molecule has 1 aliphatic carbocycles. The fourth-order valence-electron chi connectivity index (χ4n) is 3.24. The quantitative estimate of drug-likeness (QED) is 0.899. The van der Waals surface area contributed by atoms with Crippen LogP contribution in [0.2, 0.25) is 0 Å². The molecule has 0 radical (unpaired) electrons. The Morgan fingerprint density at radius 2 is 1.79 bits per heavy atom. The van der Waals surface area contributed by atoms with Crippen molar-refractivity contribution in [3.8, 4) is 5.75 Å². The van der Waals surface area contributed by atoms with Gasteiger partial charge in [-0.2, -0.15) is 0 Å². The minimum atomic E-state index is 1.03. The molecule has 3 heteroatoms. The average molecular weight is 260 g/mol. The zero-order valence-electron chi connectivity index (χ0n) is 11.9. The van der Waals surface area contributed by atoms with Crippen LogP contribution in [0.1, 0.15) is 29.5 Å². The van der Waals surface area contributed by atoms with Crippen molar-refractivity contribution in [3.63, 3.8) is 0 Å². The van der Waals surface area contributed by atoms with Crippen molar-refractivity contribution in [2.45, 2.75) is 32.2 Å². The van der Waals surface area contributed by atoms with E-state index in [1.165, 1.54) is 36.8 Å². The number of methoxy groups -OCH3 is 1. The average Bonchev–Trinajstić information content (AvgIpc) is 2.47. The van der Waals surface area contributed by atoms with E-state index < -0.39 is 0 Å². The number of hydrogen-bond acceptors (Lipinski definition) is 3. The second-order valence-electron chi connectivity index (χ2n) is 5.67. The third-order valence-corrected chi connectivity index (χ3v) is 4.35. The number of nitrogens with zero attached hydrogens (tertiary/aromatic N) is 1. The first-order valence-corrected chi connectivity index (χ1v) is 7.48. The van der Waals surface area contributed by atoms with Gasteiger partial charge >= 0.3 is 0 Å². The summed E-state index contributed by atoms with van der Waals surface area (Å²) in [5, 5.41) is 3.41. The number of rotatable bonds is 3. The molecule has 0 atom stereocenters. The van der Waals surface area contributed by atoms with Gasteiger partial charge < -0.3 is 10.1 Å². The van der Waals surface area contributed by atoms with E-state index in [-0.39, 0.29) is 0 Å². The van der Waals surface area contributed by atoms with Crippen molar-refractivity contribution in [1.29, 1.82) is 0 Å². The monoisotopic (exact) mass is 260 g/mol. The summed E-state index contributed by atoms with van der Waals surface area (Å²) in [7, 11) is 1.80. The largest absolute Gasteiger partial charge is 0.496 e. The Morgan fingerprint density at radius 3 is 2.47 bits per heavy atom. The van der Waals surface area contributed by atoms with Crippen LogP contribution in [0.4, 0.5) is 0 Å². The van der Waals surface area contributed by atoms with Gasteiger partial charge in [0, 0.05) is 38.3 Å². The molecule has 3 nitrogen and oxygen atoms in total. The molecule has 1 N–H and O–H groups in total. The Bertz CT molecular complexity index is 439. The maximum atomic E-state index is 5.61. The lowest BCUT2D eigenvalue weighted by Crippen LogP contribution is -2.42. The van der Waals surface area contributed by atoms with Crippen LogP contribution < -0.4 is 10.1 Å². The van der Waals surface area contributed by atoms with Crippen molar-refractivity contribution in [3.05, 3.63) is 28.8 Å². The Kier molecular flexibility index (Phi) is 4.04. The standard InChI is InChI=1S/C16H24N2O/c1-19-16-11-14-5-3-2-4-13(14)10-15(16)12-18-8-6-17-7-9-18/h10-11,17H,2-9,12H2,1H3. The summed E-state index contributed by atoms with van der Waals surface area (Å²) in [5.41, 5.74) is 4.43. The van der Waals surface area contributed by atoms with E-state index in [2.05, 4.69) is 22.3 Å². The Morgan fingerprint density at radius 1 is 1.11 bits per heavy atom. The molecular weight excluding hydrogens is 236 g/mol. The maximum absolute atomic E-state index is 5.61. The number of aryl methyl sites for hydroxylation is 2. The zero-order valence-corrected chi connectivity index (χ0v) is 11.9. The van der Waals surface area contributed by atoms with Crippen molar-refractivity contribution >= 4 is 0 Å². The van der Waals surface area contributed by atoms with Crippen molar-refractivity contribution in [2.75, 3.05) is 33.3 Å². The summed E-state index contributed by atoms with van der Waals surface area (Å²) in [6.45, 7) is 5.51. The van der Waals surface area contributed by atoms with Gasteiger partial charge in [0.25, 0.3) is 0 Å². The normalized spacial score (nSPS) is 20.1. The van der Waals surface area contributed by atoms with E-state index in [0.29, 0.717) is 0 Å². The molecule has 1 saturated heterocycles. The SMILES string of the molecule is COc1cc2c(cc1CN1CCNCC1)CCCC2. The fourth-order valence-corrected chi connectivity index (χ4v) is 3.24. The van der Waals surface area contributed by atoms with Crippen LogP contribution in [-0.4, -0.2) is 38.2 Å². The molecule has 3 rings (SSSR count). The second kappa shape index (κ2) is 5.93. The molecule has 2 aliphatic rings. The highest BCUT2D eigenvalue weighted by molar-refractivity contribution is 5.44. The molecule has 0 bridgehead atoms. The van der Waals surface area contributed by atoms with E-state index in [0.717, 1.165) is 38.5 Å². The highest BCUT2D eigenvalue weighted by Gasteiger charge is 2.17. The van der Waals surface area contributed by atoms with Crippen LogP contribution in [0.3, 0.4) is 0 Å². The molecule has 1 aliphatic heterocycles. The Hall–Kier alpha value is -1.06. The molecule has 1 heterocycles. The lowest BCUT2D eigenvalue weighted by molar-refractivity contribution is 0.230. The van der Waals surface area contributed by atoms with Gasteiger partial charge in [0.1, 0.15) is 5.75 Å². The fraction of sp³-hybridized carbons (Fsp3) is 0.625. The number of ether oxygens (including phenoxy) is 1. The molecular formula is C16H24N2O. The molecule has 0 spiro atoms. The van der Waals surface area contributed by atoms with Crippen molar-refractivity contribution in [1.82, 2.24) is 10.2 Å². The summed E-state index contributed by atoms with van der Waals surface area (Å²) in [4.78, 5) is 2.52. The predicted octanol–water partition coefficient (Wildman–Crippen LogP) is 1.98. The topological polar surface area (TPSA) is 24.5 Å². The first-order valence-electron chi connectivity index (χ1n) is 7.48. The zero-order chi connectivity index (χ0) is 13.1. The number of piperazine rings is 1. The van der Waals surface area contributed by atoms with E-state index in [9.17, 15) is 0 Å². The third kappa shape index (κ3) is 2.93. The summed E-state index contributed by atoms with van der Waals surface area (Å²) in [6.07, 6.45) is 5.13. The Balaban J connectivity index is 1.82. The van der Waals surface area contributed by atoms with Gasteiger partial charge in [-0.1, -0.05) is 6.07 Å². The smallest absolute Gasteiger partial charge is 0.123 e. The Labute approximate surface area is 115 Å². The molecule has 0 saturated carbocycles. The first kappa shape index (κ1) is 12.9. The van der Waals surface area contributed by atoms with E-state index in [1.54, 1.807) is 12.7 Å². The molecule has 1 aromatic rings. The van der Waals surface area contributed by atoms with Crippen LogP contribution in [-0.2, 0) is 19.4 Å². The van der Waals surface area contributed by atoms with Gasteiger partial charge in [-0.05, 0) is 42.9 Å². The van der Waals surface area contributed by atoms with Gasteiger partial charge in [0.2, 0.25) is 0 Å². The van der Waals surface area contributed by atoms with E-state index in [4.69, 9.17) is 4.74 Å². The van der Waals surface area contributed by atoms with E-state index in [1.807, 2.05) is 0 Å². The molecule has 0 aromatic heterocycles. The summed E-state index contributed by atoms with van der Waals surface area (Å²) in [5.74, 6) is 1.08. The number of benzene rings is 1. The van der Waals surface area contributed by atoms with Crippen LogP contribution >= 0.6 is 0 Å². The molecule has 104 valence electrons. The van der Waals surface area contributed by atoms with Gasteiger partial charge in [-0.25, -0.2) is 0 Å². The number of fused-ring (bicyclic) bond motifs is 1. The highest BCUT2D eigenvalue weighted by Crippen LogP contribution is 2.30. The minimum absolute atomic E-state index is 1.03. The van der Waals surface area contributed by atoms with Gasteiger partial charge in [0.15, 0.2) is 0 Å². The lowest BCUT2D eigenvalue weighted by Gasteiger charge is -2.28. The summed E-state index contributed by atoms with van der Waals surface area (Å²) in [6, 6.07) is 4.68. The van der Waals surface area contributed by atoms with Crippen LogP contribution in [0.25, 0.3) is 0 Å². The number of nitrogens with one attached hydrogen (secondary N) is 1. The molecule has 0 unspecified atom stereocenters. The van der Waals surface area contributed by atoms with Crippen molar-refractivity contribution in [2.24, 2.45) is 0 Å². The van der Waals surface area contributed by atoms with Gasteiger partial charge in [-0.15, -0.1) is 0 Å². The van der Waals surface area contributed by atoms with Crippen LogP contribution in [0, 0.1) is 0 Å². The number of hydrogen-bond donors (Lipinski definition) is 1. The van der Waals surface area contributed by atoms with E-state index >= 15 is 0 Å². The predicted molar refractivity (Wildman–Crippen MR) is 77.8 cm³/mol. The molecule has 19 heavy (non-hydrogen) atoms. The molecule has 1 aromatic carbocycles. The molecule has 0 amide bonds. The summed E-state index contributed by atoms with van der Waals surface area (Å²) < 4.78 is 5.61. The molecule has 1 fully saturated rings. The first-order chi connectivity index (χ1) is 9.36. The second-order valence-corrected chi connectivity index (χ2v) is 5.67. The van der Waals surface area contributed by atoms with Crippen molar-refractivity contribution < 1.29 is 4.74 Å². The summed E-state index contributed by atoms with van der Waals surface area (Å²) >= 11 is 0. The highest BCUT2D eigenvalue weighted by atomic mass is 16.5. The minimum Gasteiger partial charge on any atom is -0.496 e. The van der Waals surface area contributed by atoms with Gasteiger partial charge in [-0.3, -0.25) is 4.90 Å². The third-order valence-electron chi connectivity index (χ3n) is 4.35. The van der Waals surface area contributed by atoms with Crippen LogP contribution in [0.5, 0.6) is 5.75 Å². The maximum Gasteiger partial charge on any atom is 0.123 e.